The zero-order valence-corrected chi connectivity index (χ0v) is 8.99. The van der Waals surface area contributed by atoms with E-state index in [9.17, 15) is 4.79 Å². The maximum atomic E-state index is 11.5. The lowest BCUT2D eigenvalue weighted by molar-refractivity contribution is -0.115. The summed E-state index contributed by atoms with van der Waals surface area (Å²) in [5, 5.41) is 2.54. The maximum absolute atomic E-state index is 11.5. The minimum atomic E-state index is -0.412. The molecule has 2 heterocycles. The minimum absolute atomic E-state index is 0.349. The highest BCUT2D eigenvalue weighted by Crippen LogP contribution is 2.16. The van der Waals surface area contributed by atoms with Gasteiger partial charge in [0.05, 0.1) is 5.57 Å². The highest BCUT2D eigenvalue weighted by Gasteiger charge is 2.13. The van der Waals surface area contributed by atoms with Crippen LogP contribution in [0.15, 0.2) is 24.0 Å². The van der Waals surface area contributed by atoms with Crippen LogP contribution in [0.25, 0.3) is 11.6 Å². The molecule has 0 atom stereocenters. The Morgan fingerprint density at radius 3 is 2.94 bits per heavy atom. The third-order valence-corrected chi connectivity index (χ3v) is 2.57. The largest absolute Gasteiger partial charge is 0.344 e. The molecule has 0 fully saturated rings. The summed E-state index contributed by atoms with van der Waals surface area (Å²) in [5.74, 6) is 5.15. The van der Waals surface area contributed by atoms with Crippen LogP contribution in [-0.4, -0.2) is 20.9 Å². The summed E-state index contributed by atoms with van der Waals surface area (Å²) < 4.78 is 0. The molecule has 0 unspecified atom stereocenters. The van der Waals surface area contributed by atoms with Crippen molar-refractivity contribution in [1.82, 2.24) is 20.4 Å². The van der Waals surface area contributed by atoms with Gasteiger partial charge in [0.15, 0.2) is 0 Å². The number of hydrazine groups is 1. The molecule has 1 amide bonds. The van der Waals surface area contributed by atoms with E-state index in [0.29, 0.717) is 11.4 Å². The summed E-state index contributed by atoms with van der Waals surface area (Å²) in [6.07, 6.45) is 6.49. The first-order valence-corrected chi connectivity index (χ1v) is 5.31. The number of rotatable bonds is 3. The number of hydrogen-bond donors (Lipinski definition) is 3. The molecular formula is C9H9N5OS. The van der Waals surface area contributed by atoms with Gasteiger partial charge in [0.25, 0.3) is 5.91 Å². The summed E-state index contributed by atoms with van der Waals surface area (Å²) in [6, 6.07) is 0. The van der Waals surface area contributed by atoms with Gasteiger partial charge in [0.2, 0.25) is 0 Å². The summed E-state index contributed by atoms with van der Waals surface area (Å²) >= 11 is 1.43. The third kappa shape index (κ3) is 2.15. The number of H-pyrrole nitrogens is 1. The van der Waals surface area contributed by atoms with Gasteiger partial charge in [-0.2, -0.15) is 0 Å². The van der Waals surface area contributed by atoms with Crippen molar-refractivity contribution in [1.29, 1.82) is 0 Å². The van der Waals surface area contributed by atoms with Crippen molar-refractivity contribution in [3.8, 4) is 0 Å². The Kier molecular flexibility index (Phi) is 3.08. The van der Waals surface area contributed by atoms with Gasteiger partial charge in [-0.25, -0.2) is 15.8 Å². The lowest BCUT2D eigenvalue weighted by atomic mass is 10.2. The van der Waals surface area contributed by atoms with Crippen LogP contribution in [-0.2, 0) is 4.79 Å². The second-order valence-electron chi connectivity index (χ2n) is 2.84. The molecule has 0 bridgehead atoms. The number of aromatic amines is 1. The number of carbonyl (C=O) groups is 1. The second kappa shape index (κ2) is 4.69. The summed E-state index contributed by atoms with van der Waals surface area (Å²) in [7, 11) is 0. The molecule has 2 rings (SSSR count). The van der Waals surface area contributed by atoms with Crippen molar-refractivity contribution in [2.45, 2.75) is 0 Å². The number of thiazole rings is 1. The molecule has 4 N–H and O–H groups in total. The van der Waals surface area contributed by atoms with E-state index in [1.165, 1.54) is 11.3 Å². The van der Waals surface area contributed by atoms with Crippen molar-refractivity contribution >= 4 is 28.9 Å². The normalized spacial score (nSPS) is 11.4. The van der Waals surface area contributed by atoms with Crippen molar-refractivity contribution < 1.29 is 4.79 Å². The summed E-state index contributed by atoms with van der Waals surface area (Å²) in [4.78, 5) is 22.5. The van der Waals surface area contributed by atoms with Crippen LogP contribution in [0.5, 0.6) is 0 Å². The minimum Gasteiger partial charge on any atom is -0.344 e. The van der Waals surface area contributed by atoms with Gasteiger partial charge in [0, 0.05) is 24.0 Å². The van der Waals surface area contributed by atoms with Crippen LogP contribution in [0.1, 0.15) is 10.8 Å². The van der Waals surface area contributed by atoms with Crippen LogP contribution in [0.2, 0.25) is 0 Å². The number of nitrogens with two attached hydrogens (primary N) is 1. The van der Waals surface area contributed by atoms with Crippen LogP contribution < -0.4 is 11.3 Å². The molecule has 6 nitrogen and oxygen atoms in total. The molecule has 7 heteroatoms. The molecule has 16 heavy (non-hydrogen) atoms. The fourth-order valence-corrected chi connectivity index (χ4v) is 1.73. The number of nitrogens with one attached hydrogen (secondary N) is 2. The Morgan fingerprint density at radius 2 is 2.38 bits per heavy atom. The van der Waals surface area contributed by atoms with Gasteiger partial charge in [0.1, 0.15) is 10.8 Å². The van der Waals surface area contributed by atoms with E-state index in [2.05, 4.69) is 20.4 Å². The van der Waals surface area contributed by atoms with E-state index in [0.717, 1.165) is 5.01 Å². The molecule has 2 aromatic heterocycles. The summed E-state index contributed by atoms with van der Waals surface area (Å²) in [6.45, 7) is 0. The molecule has 0 radical (unpaired) electrons. The van der Waals surface area contributed by atoms with E-state index < -0.39 is 5.91 Å². The first-order chi connectivity index (χ1) is 7.81. The van der Waals surface area contributed by atoms with Gasteiger partial charge < -0.3 is 4.98 Å². The monoisotopic (exact) mass is 235 g/mol. The first-order valence-electron chi connectivity index (χ1n) is 4.43. The van der Waals surface area contributed by atoms with Crippen molar-refractivity contribution in [2.75, 3.05) is 0 Å². The maximum Gasteiger partial charge on any atom is 0.269 e. The van der Waals surface area contributed by atoms with Gasteiger partial charge in [-0.1, -0.05) is 0 Å². The van der Waals surface area contributed by atoms with E-state index >= 15 is 0 Å². The topological polar surface area (TPSA) is 96.7 Å². The molecule has 0 aromatic carbocycles. The van der Waals surface area contributed by atoms with Crippen LogP contribution >= 0.6 is 11.3 Å². The Hall–Kier alpha value is -1.99. The van der Waals surface area contributed by atoms with Crippen LogP contribution in [0.3, 0.4) is 0 Å². The molecule has 2 aromatic rings. The van der Waals surface area contributed by atoms with Gasteiger partial charge in [-0.3, -0.25) is 10.2 Å². The SMILES string of the molecule is NNC(=O)C(=Cc1nccs1)c1ncc[nH]1. The molecular weight excluding hydrogens is 226 g/mol. The molecule has 0 aliphatic carbocycles. The lowest BCUT2D eigenvalue weighted by Crippen LogP contribution is -2.31. The zero-order valence-electron chi connectivity index (χ0n) is 8.18. The molecule has 0 saturated carbocycles. The Morgan fingerprint density at radius 1 is 1.50 bits per heavy atom. The fraction of sp³-hybridized carbons (Fsp3) is 0. The average molecular weight is 235 g/mol. The number of hydrogen-bond acceptors (Lipinski definition) is 5. The Balaban J connectivity index is 2.40. The lowest BCUT2D eigenvalue weighted by Gasteiger charge is -2.01. The number of nitrogens with zero attached hydrogens (tertiary/aromatic N) is 2. The van der Waals surface area contributed by atoms with Crippen LogP contribution in [0, 0.1) is 0 Å². The predicted molar refractivity (Wildman–Crippen MR) is 60.9 cm³/mol. The first kappa shape index (κ1) is 10.5. The smallest absolute Gasteiger partial charge is 0.269 e. The van der Waals surface area contributed by atoms with Crippen molar-refractivity contribution in [3.63, 3.8) is 0 Å². The zero-order chi connectivity index (χ0) is 11.4. The summed E-state index contributed by atoms with van der Waals surface area (Å²) in [5.41, 5.74) is 2.42. The van der Waals surface area contributed by atoms with E-state index in [1.807, 2.05) is 5.38 Å². The molecule has 0 aliphatic heterocycles. The van der Waals surface area contributed by atoms with E-state index in [1.54, 1.807) is 24.7 Å². The highest BCUT2D eigenvalue weighted by atomic mass is 32.1. The van der Waals surface area contributed by atoms with Crippen LogP contribution in [0.4, 0.5) is 0 Å². The second-order valence-corrected chi connectivity index (χ2v) is 3.77. The molecule has 82 valence electrons. The van der Waals surface area contributed by atoms with Gasteiger partial charge in [-0.05, 0) is 6.08 Å². The Bertz CT molecular complexity index is 488. The molecule has 0 saturated heterocycles. The molecule has 0 aliphatic rings. The standard InChI is InChI=1S/C9H9N5OS/c10-14-9(15)6(8-12-1-2-13-8)5-7-11-3-4-16-7/h1-5H,10H2,(H,12,13)(H,14,15). The Labute approximate surface area is 95.2 Å². The van der Waals surface area contributed by atoms with Crippen molar-refractivity contribution in [3.05, 3.63) is 34.8 Å². The highest BCUT2D eigenvalue weighted by molar-refractivity contribution is 7.10. The van der Waals surface area contributed by atoms with Crippen molar-refractivity contribution in [2.24, 2.45) is 5.84 Å². The predicted octanol–water partition coefficient (Wildman–Crippen LogP) is 0.397. The fourth-order valence-electron chi connectivity index (χ4n) is 1.16. The van der Waals surface area contributed by atoms with Gasteiger partial charge >= 0.3 is 0 Å². The van der Waals surface area contributed by atoms with E-state index in [4.69, 9.17) is 5.84 Å². The van der Waals surface area contributed by atoms with E-state index in [-0.39, 0.29) is 0 Å². The quantitative estimate of drug-likeness (QED) is 0.310. The number of imidazole rings is 1. The third-order valence-electron chi connectivity index (χ3n) is 1.85. The van der Waals surface area contributed by atoms with Gasteiger partial charge in [-0.15, -0.1) is 11.3 Å². The number of amides is 1. The molecule has 0 spiro atoms. The number of carbonyl (C=O) groups excluding carboxylic acids is 1. The number of aromatic nitrogens is 3. The average Bonchev–Trinajstić information content (AvgIpc) is 2.97.